The molecule has 2 fully saturated rings. The highest BCUT2D eigenvalue weighted by atomic mass is 16.7. The second-order valence-corrected chi connectivity index (χ2v) is 11.4. The fourth-order valence-corrected chi connectivity index (χ4v) is 5.19. The zero-order valence-corrected chi connectivity index (χ0v) is 27.9. The van der Waals surface area contributed by atoms with Gasteiger partial charge in [-0.3, -0.25) is 0 Å². The van der Waals surface area contributed by atoms with Gasteiger partial charge in [-0.1, -0.05) is 0 Å². The molecule has 2 aliphatic heterocycles. The van der Waals surface area contributed by atoms with E-state index in [4.69, 9.17) is 37.9 Å². The summed E-state index contributed by atoms with van der Waals surface area (Å²) < 4.78 is 42.2. The first kappa shape index (κ1) is 40.1. The molecule has 19 nitrogen and oxygen atoms in total. The first-order valence-corrected chi connectivity index (χ1v) is 15.5. The second kappa shape index (κ2) is 17.7. The number of phenols is 3. The van der Waals surface area contributed by atoms with Crippen LogP contribution in [0.25, 0.3) is 12.2 Å². The van der Waals surface area contributed by atoms with Crippen molar-refractivity contribution in [2.24, 2.45) is 0 Å². The highest BCUT2D eigenvalue weighted by Gasteiger charge is 2.49. The summed E-state index contributed by atoms with van der Waals surface area (Å²) in [7, 11) is 3.86. The van der Waals surface area contributed by atoms with Gasteiger partial charge in [-0.15, -0.1) is 0 Å². The van der Waals surface area contributed by atoms with Crippen molar-refractivity contribution in [2.45, 2.75) is 61.4 Å². The smallest absolute Gasteiger partial charge is 0.333 e. The Bertz CT molecular complexity index is 1580. The molecule has 0 aliphatic carbocycles. The molecule has 2 aromatic carbocycles. The predicted molar refractivity (Wildman–Crippen MR) is 172 cm³/mol. The molecular formula is C33H40O19. The van der Waals surface area contributed by atoms with Gasteiger partial charge < -0.3 is 83.9 Å². The quantitative estimate of drug-likeness (QED) is 0.0627. The molecule has 10 atom stereocenters. The van der Waals surface area contributed by atoms with E-state index in [2.05, 4.69) is 0 Å². The van der Waals surface area contributed by atoms with Crippen molar-refractivity contribution >= 4 is 24.1 Å². The first-order chi connectivity index (χ1) is 24.7. The van der Waals surface area contributed by atoms with Crippen molar-refractivity contribution in [1.29, 1.82) is 0 Å². The molecule has 2 heterocycles. The summed E-state index contributed by atoms with van der Waals surface area (Å²) in [6.45, 7) is -1.50. The van der Waals surface area contributed by atoms with E-state index in [-0.39, 0.29) is 28.6 Å². The van der Waals surface area contributed by atoms with Crippen LogP contribution in [0, 0.1) is 0 Å². The molecule has 52 heavy (non-hydrogen) atoms. The van der Waals surface area contributed by atoms with E-state index in [1.807, 2.05) is 0 Å². The maximum atomic E-state index is 12.8. The molecule has 0 spiro atoms. The number of hydrogen-bond acceptors (Lipinski definition) is 19. The molecule has 19 heteroatoms. The minimum absolute atomic E-state index is 0.0459. The Morgan fingerprint density at radius 1 is 0.654 bits per heavy atom. The Kier molecular flexibility index (Phi) is 13.6. The van der Waals surface area contributed by atoms with Crippen molar-refractivity contribution in [3.05, 3.63) is 47.5 Å². The lowest BCUT2D eigenvalue weighted by molar-refractivity contribution is -0.327. The number of carbonyl (C=O) groups is 2. The largest absolute Gasteiger partial charge is 0.504 e. The molecule has 0 radical (unpaired) electrons. The average Bonchev–Trinajstić information content (AvgIpc) is 3.13. The van der Waals surface area contributed by atoms with E-state index in [1.165, 1.54) is 51.7 Å². The highest BCUT2D eigenvalue weighted by molar-refractivity contribution is 5.88. The number of hydrogen-bond donors (Lipinski definition) is 9. The van der Waals surface area contributed by atoms with Crippen molar-refractivity contribution < 1.29 is 93.4 Å². The van der Waals surface area contributed by atoms with Crippen molar-refractivity contribution in [1.82, 2.24) is 0 Å². The molecule has 9 N–H and O–H groups in total. The lowest BCUT2D eigenvalue weighted by Crippen LogP contribution is -2.62. The Balaban J connectivity index is 1.44. The standard InChI is InChI=1S/C33H40O19/c1-45-17-9-14(8-16(35)24(17)38)4-7-23(37)52-32-30(44)28(42)27(41)21(50-32)13-48-33-31(29(43)26(40)20(12-34)49-33)51-22(36)6-5-15-10-18(46-2)25(39)19(11-15)47-3/h4-11,20-21,26-35,38-44H,12-13H2,1-3H3/b6-5+,7-4+/t20-,21-,26-,27-,28+,29+,30-,31-,32+,33-/m1/s1. The highest BCUT2D eigenvalue weighted by Crippen LogP contribution is 2.38. The fourth-order valence-electron chi connectivity index (χ4n) is 5.19. The van der Waals surface area contributed by atoms with E-state index >= 15 is 0 Å². The SMILES string of the molecule is COc1cc(/C=C/C(=O)O[C@@H]2O[C@H](CO[C@@H]3O[C@H](CO)[C@@H](O)[C@H](O)[C@H]3OC(=O)/C=C/c3cc(OC)c(O)c(OC)c3)[C@@H](O)[C@H](O)[C@H]2O)cc(O)c1O. The fraction of sp³-hybridized carbons (Fsp3) is 0.455. The summed E-state index contributed by atoms with van der Waals surface area (Å²) >= 11 is 0. The van der Waals surface area contributed by atoms with Crippen molar-refractivity contribution in [3.63, 3.8) is 0 Å². The minimum Gasteiger partial charge on any atom is -0.504 e. The van der Waals surface area contributed by atoms with E-state index in [9.17, 15) is 55.5 Å². The second-order valence-electron chi connectivity index (χ2n) is 11.4. The Morgan fingerprint density at radius 2 is 1.15 bits per heavy atom. The molecule has 2 aliphatic rings. The number of benzene rings is 2. The molecular weight excluding hydrogens is 700 g/mol. The lowest BCUT2D eigenvalue weighted by atomic mass is 9.98. The van der Waals surface area contributed by atoms with Crippen molar-refractivity contribution in [2.75, 3.05) is 34.5 Å². The molecule has 2 aromatic rings. The van der Waals surface area contributed by atoms with Crippen LogP contribution in [-0.2, 0) is 33.3 Å². The van der Waals surface area contributed by atoms with Crippen LogP contribution in [0.1, 0.15) is 11.1 Å². The minimum atomic E-state index is -1.93. The maximum absolute atomic E-state index is 12.8. The molecule has 0 amide bonds. The lowest BCUT2D eigenvalue weighted by Gasteiger charge is -2.43. The van der Waals surface area contributed by atoms with Gasteiger partial charge in [-0.05, 0) is 47.5 Å². The van der Waals surface area contributed by atoms with Crippen molar-refractivity contribution in [3.8, 4) is 34.5 Å². The van der Waals surface area contributed by atoms with Crippen LogP contribution >= 0.6 is 0 Å². The number of phenolic OH excluding ortho intramolecular Hbond substituents is 3. The third kappa shape index (κ3) is 9.20. The van der Waals surface area contributed by atoms with Crippen LogP contribution in [0.5, 0.6) is 34.5 Å². The van der Waals surface area contributed by atoms with E-state index in [0.29, 0.717) is 5.56 Å². The van der Waals surface area contributed by atoms with Gasteiger partial charge in [-0.25, -0.2) is 9.59 Å². The molecule has 0 unspecified atom stereocenters. The third-order valence-electron chi connectivity index (χ3n) is 8.03. The summed E-state index contributed by atoms with van der Waals surface area (Å²) in [5, 5.41) is 92.1. The number of aliphatic hydroxyl groups excluding tert-OH is 6. The normalized spacial score (nSPS) is 29.2. The van der Waals surface area contributed by atoms with Gasteiger partial charge in [0.1, 0.15) is 42.7 Å². The van der Waals surface area contributed by atoms with Gasteiger partial charge in [0, 0.05) is 12.2 Å². The summed E-state index contributed by atoms with van der Waals surface area (Å²) in [5.41, 5.74) is 0.551. The topological polar surface area (TPSA) is 290 Å². The van der Waals surface area contributed by atoms with E-state index in [0.717, 1.165) is 18.2 Å². The van der Waals surface area contributed by atoms with Gasteiger partial charge in [-0.2, -0.15) is 0 Å². The molecule has 0 aromatic heterocycles. The number of esters is 2. The van der Waals surface area contributed by atoms with Crippen LogP contribution in [0.15, 0.2) is 36.4 Å². The Morgan fingerprint density at radius 3 is 1.71 bits per heavy atom. The zero-order valence-electron chi connectivity index (χ0n) is 27.9. The maximum Gasteiger partial charge on any atom is 0.333 e. The van der Waals surface area contributed by atoms with Gasteiger partial charge >= 0.3 is 11.9 Å². The Hall–Kier alpha value is -4.70. The van der Waals surface area contributed by atoms with Gasteiger partial charge in [0.05, 0.1) is 34.5 Å². The van der Waals surface area contributed by atoms with E-state index in [1.54, 1.807) is 0 Å². The molecule has 2 saturated heterocycles. The van der Waals surface area contributed by atoms with Gasteiger partial charge in [0.25, 0.3) is 0 Å². The van der Waals surface area contributed by atoms with Crippen LogP contribution in [0.2, 0.25) is 0 Å². The van der Waals surface area contributed by atoms with Crippen LogP contribution in [0.3, 0.4) is 0 Å². The number of aliphatic hydroxyl groups is 6. The summed E-state index contributed by atoms with van der Waals surface area (Å²) in [5.74, 6) is -3.47. The third-order valence-corrected chi connectivity index (χ3v) is 8.03. The predicted octanol–water partition coefficient (Wildman–Crippen LogP) is -1.73. The number of aromatic hydroxyl groups is 3. The van der Waals surface area contributed by atoms with E-state index < -0.39 is 98.1 Å². The number of ether oxygens (including phenoxy) is 8. The Labute approximate surface area is 295 Å². The zero-order chi connectivity index (χ0) is 38.3. The summed E-state index contributed by atoms with van der Waals surface area (Å²) in [6, 6.07) is 5.20. The van der Waals surface area contributed by atoms with Gasteiger partial charge in [0.2, 0.25) is 17.8 Å². The summed E-state index contributed by atoms with van der Waals surface area (Å²) in [4.78, 5) is 25.4. The molecule has 286 valence electrons. The van der Waals surface area contributed by atoms with Crippen LogP contribution < -0.4 is 14.2 Å². The molecule has 0 saturated carbocycles. The number of methoxy groups -OCH3 is 3. The number of rotatable bonds is 13. The van der Waals surface area contributed by atoms with Crippen LogP contribution in [0.4, 0.5) is 0 Å². The first-order valence-electron chi connectivity index (χ1n) is 15.5. The molecule has 4 rings (SSSR count). The summed E-state index contributed by atoms with van der Waals surface area (Å²) in [6.07, 6.45) is -13.3. The molecule has 0 bridgehead atoms. The number of carbonyl (C=O) groups excluding carboxylic acids is 2. The monoisotopic (exact) mass is 740 g/mol. The van der Waals surface area contributed by atoms with Crippen LogP contribution in [-0.4, -0.2) is 154 Å². The van der Waals surface area contributed by atoms with Gasteiger partial charge in [0.15, 0.2) is 35.4 Å². The average molecular weight is 741 g/mol.